The fourth-order valence-electron chi connectivity index (χ4n) is 1.02. The van der Waals surface area contributed by atoms with Gasteiger partial charge in [-0.15, -0.1) is 0 Å². The molecule has 0 spiro atoms. The normalized spacial score (nSPS) is 10.5. The second-order valence-corrected chi connectivity index (χ2v) is 4.99. The van der Waals surface area contributed by atoms with Crippen molar-refractivity contribution in [3.8, 4) is 11.8 Å². The van der Waals surface area contributed by atoms with E-state index in [9.17, 15) is 8.42 Å². The molecule has 0 heterocycles. The number of hydrogen-bond acceptors (Lipinski definition) is 4. The van der Waals surface area contributed by atoms with E-state index in [1.165, 1.54) is 6.07 Å². The van der Waals surface area contributed by atoms with Gasteiger partial charge in [-0.25, -0.2) is 8.42 Å². The first kappa shape index (κ1) is 12.3. The minimum Gasteiger partial charge on any atom is -0.479 e. The molecule has 5 nitrogen and oxygen atoms in total. The summed E-state index contributed by atoms with van der Waals surface area (Å²) in [6.45, 7) is 1.49. The van der Waals surface area contributed by atoms with Gasteiger partial charge in [0.05, 0.1) is 11.4 Å². The Morgan fingerprint density at radius 3 is 2.88 bits per heavy atom. The summed E-state index contributed by atoms with van der Waals surface area (Å²) in [6, 6.07) is 8.29. The second kappa shape index (κ2) is 5.37. The Balaban J connectivity index is 2.79. The number of nitrogens with zero attached hydrogens (tertiary/aromatic N) is 1. The number of nitrogens with one attached hydrogen (secondary N) is 1. The van der Waals surface area contributed by atoms with E-state index in [4.69, 9.17) is 10.00 Å². The molecular formula is C10H12N2O3S. The molecule has 1 rings (SSSR count). The van der Waals surface area contributed by atoms with Gasteiger partial charge < -0.3 is 4.74 Å². The molecule has 0 aliphatic rings. The topological polar surface area (TPSA) is 79.2 Å². The van der Waals surface area contributed by atoms with E-state index in [0.29, 0.717) is 11.4 Å². The molecule has 1 aromatic carbocycles. The summed E-state index contributed by atoms with van der Waals surface area (Å²) in [5.74, 6) is 0.467. The van der Waals surface area contributed by atoms with Gasteiger partial charge in [-0.1, -0.05) is 6.07 Å². The lowest BCUT2D eigenvalue weighted by molar-refractivity contribution is 0.368. The molecule has 0 fully saturated rings. The van der Waals surface area contributed by atoms with Gasteiger partial charge in [0.1, 0.15) is 11.8 Å². The fraction of sp³-hybridized carbons (Fsp3) is 0.300. The number of hydrogen-bond donors (Lipinski definition) is 1. The Hall–Kier alpha value is -1.74. The van der Waals surface area contributed by atoms with Crippen molar-refractivity contribution in [1.82, 2.24) is 0 Å². The van der Waals surface area contributed by atoms with Gasteiger partial charge in [0.25, 0.3) is 0 Å². The van der Waals surface area contributed by atoms with E-state index in [1.54, 1.807) is 25.1 Å². The summed E-state index contributed by atoms with van der Waals surface area (Å²) < 4.78 is 30.0. The zero-order chi connectivity index (χ0) is 12.0. The summed E-state index contributed by atoms with van der Waals surface area (Å²) in [6.07, 6.45) is 0. The van der Waals surface area contributed by atoms with E-state index in [2.05, 4.69) is 4.72 Å². The minimum atomic E-state index is -3.28. The van der Waals surface area contributed by atoms with E-state index in [1.807, 2.05) is 6.07 Å². The van der Waals surface area contributed by atoms with Crippen molar-refractivity contribution in [3.63, 3.8) is 0 Å². The summed E-state index contributed by atoms with van der Waals surface area (Å²) in [7, 11) is -3.28. The summed E-state index contributed by atoms with van der Waals surface area (Å²) >= 11 is 0. The van der Waals surface area contributed by atoms with E-state index in [0.717, 1.165) is 0 Å². The lowest BCUT2D eigenvalue weighted by atomic mass is 10.3. The number of nitriles is 1. The van der Waals surface area contributed by atoms with Crippen LogP contribution in [0, 0.1) is 11.3 Å². The maximum atomic E-state index is 11.3. The highest BCUT2D eigenvalue weighted by Crippen LogP contribution is 2.18. The fourth-order valence-corrected chi connectivity index (χ4v) is 1.65. The maximum absolute atomic E-state index is 11.3. The molecule has 0 aliphatic heterocycles. The molecule has 0 saturated carbocycles. The van der Waals surface area contributed by atoms with Crippen molar-refractivity contribution in [1.29, 1.82) is 5.26 Å². The van der Waals surface area contributed by atoms with E-state index < -0.39 is 10.0 Å². The van der Waals surface area contributed by atoms with Gasteiger partial charge in [-0.2, -0.15) is 5.26 Å². The molecule has 0 atom stereocenters. The molecule has 0 aromatic heterocycles. The summed E-state index contributed by atoms with van der Waals surface area (Å²) in [5, 5.41) is 8.33. The average molecular weight is 240 g/mol. The molecule has 0 radical (unpaired) electrons. The molecule has 16 heavy (non-hydrogen) atoms. The molecule has 0 bridgehead atoms. The van der Waals surface area contributed by atoms with Crippen molar-refractivity contribution in [2.75, 3.05) is 17.1 Å². The Bertz CT molecular complexity index is 491. The second-order valence-electron chi connectivity index (χ2n) is 2.98. The molecule has 6 heteroatoms. The van der Waals surface area contributed by atoms with Crippen LogP contribution in [-0.2, 0) is 10.0 Å². The molecule has 0 amide bonds. The monoisotopic (exact) mass is 240 g/mol. The van der Waals surface area contributed by atoms with Crippen LogP contribution in [0.1, 0.15) is 6.92 Å². The van der Waals surface area contributed by atoms with Crippen LogP contribution in [0.15, 0.2) is 24.3 Å². The van der Waals surface area contributed by atoms with Crippen molar-refractivity contribution < 1.29 is 13.2 Å². The minimum absolute atomic E-state index is 0.0102. The molecule has 0 unspecified atom stereocenters. The zero-order valence-corrected chi connectivity index (χ0v) is 9.62. The van der Waals surface area contributed by atoms with Crippen molar-refractivity contribution >= 4 is 15.7 Å². The van der Waals surface area contributed by atoms with E-state index >= 15 is 0 Å². The van der Waals surface area contributed by atoms with Crippen LogP contribution < -0.4 is 9.46 Å². The lowest BCUT2D eigenvalue weighted by Gasteiger charge is -2.07. The predicted molar refractivity (Wildman–Crippen MR) is 60.6 cm³/mol. The Kier molecular flexibility index (Phi) is 4.14. The molecule has 1 aromatic rings. The van der Waals surface area contributed by atoms with Crippen LogP contribution in [0.2, 0.25) is 0 Å². The molecular weight excluding hydrogens is 228 g/mol. The van der Waals surface area contributed by atoms with Crippen LogP contribution in [0.5, 0.6) is 5.75 Å². The molecule has 1 N–H and O–H groups in total. The van der Waals surface area contributed by atoms with Gasteiger partial charge in [0.15, 0.2) is 6.61 Å². The van der Waals surface area contributed by atoms with Gasteiger partial charge in [0.2, 0.25) is 10.0 Å². The van der Waals surface area contributed by atoms with Crippen LogP contribution in [-0.4, -0.2) is 20.8 Å². The number of anilines is 1. The maximum Gasteiger partial charge on any atom is 0.232 e. The highest BCUT2D eigenvalue weighted by Gasteiger charge is 2.06. The molecule has 86 valence electrons. The first-order valence-corrected chi connectivity index (χ1v) is 6.33. The van der Waals surface area contributed by atoms with E-state index in [-0.39, 0.29) is 12.4 Å². The summed E-state index contributed by atoms with van der Waals surface area (Å²) in [5.41, 5.74) is 0.428. The third-order valence-electron chi connectivity index (χ3n) is 1.79. The first-order chi connectivity index (χ1) is 7.57. The van der Waals surface area contributed by atoms with Gasteiger partial charge in [0, 0.05) is 6.07 Å². The van der Waals surface area contributed by atoms with Crippen molar-refractivity contribution in [3.05, 3.63) is 24.3 Å². The standard InChI is InChI=1S/C10H12N2O3S/c1-2-16(13,14)12-9-4-3-5-10(8-9)15-7-6-11/h3-5,8,12H,2,7H2,1H3. The molecule has 0 saturated heterocycles. The van der Waals surface area contributed by atoms with Crippen LogP contribution in [0.4, 0.5) is 5.69 Å². The third kappa shape index (κ3) is 3.79. The van der Waals surface area contributed by atoms with Crippen molar-refractivity contribution in [2.45, 2.75) is 6.92 Å². The Morgan fingerprint density at radius 2 is 2.25 bits per heavy atom. The molecule has 0 aliphatic carbocycles. The lowest BCUT2D eigenvalue weighted by Crippen LogP contribution is -2.14. The smallest absolute Gasteiger partial charge is 0.232 e. The van der Waals surface area contributed by atoms with Crippen LogP contribution in [0.25, 0.3) is 0 Å². The predicted octanol–water partition coefficient (Wildman–Crippen LogP) is 1.35. The number of sulfonamides is 1. The Labute approximate surface area is 94.7 Å². The Morgan fingerprint density at radius 1 is 1.50 bits per heavy atom. The average Bonchev–Trinajstić information content (AvgIpc) is 2.26. The van der Waals surface area contributed by atoms with Crippen molar-refractivity contribution in [2.24, 2.45) is 0 Å². The quantitative estimate of drug-likeness (QED) is 0.842. The van der Waals surface area contributed by atoms with Crippen LogP contribution >= 0.6 is 0 Å². The largest absolute Gasteiger partial charge is 0.479 e. The van der Waals surface area contributed by atoms with Crippen LogP contribution in [0.3, 0.4) is 0 Å². The first-order valence-electron chi connectivity index (χ1n) is 4.67. The summed E-state index contributed by atoms with van der Waals surface area (Å²) in [4.78, 5) is 0. The number of benzene rings is 1. The SMILES string of the molecule is CCS(=O)(=O)Nc1cccc(OCC#N)c1. The number of ether oxygens (including phenoxy) is 1. The zero-order valence-electron chi connectivity index (χ0n) is 8.80. The third-order valence-corrected chi connectivity index (χ3v) is 3.10. The number of rotatable bonds is 5. The van der Waals surface area contributed by atoms with Gasteiger partial charge >= 0.3 is 0 Å². The van der Waals surface area contributed by atoms with Gasteiger partial charge in [-0.05, 0) is 19.1 Å². The highest BCUT2D eigenvalue weighted by atomic mass is 32.2. The van der Waals surface area contributed by atoms with Gasteiger partial charge in [-0.3, -0.25) is 4.72 Å². The highest BCUT2D eigenvalue weighted by molar-refractivity contribution is 7.92.